The number of ether oxygens (including phenoxy) is 1. The molecule has 0 aliphatic carbocycles. The van der Waals surface area contributed by atoms with Crippen LogP contribution in [-0.2, 0) is 11.3 Å². The molecule has 1 aromatic carbocycles. The molecular weight excluding hydrogens is 380 g/mol. The molecule has 2 aromatic rings. The van der Waals surface area contributed by atoms with E-state index in [0.29, 0.717) is 17.8 Å². The molecule has 0 unspecified atom stereocenters. The van der Waals surface area contributed by atoms with Crippen LogP contribution in [0.3, 0.4) is 0 Å². The molecule has 2 rings (SSSR count). The van der Waals surface area contributed by atoms with Crippen LogP contribution in [0.25, 0.3) is 0 Å². The fourth-order valence-corrected chi connectivity index (χ4v) is 3.39. The highest BCUT2D eigenvalue weighted by atomic mass is 32.1. The Kier molecular flexibility index (Phi) is 8.28. The Morgan fingerprint density at radius 1 is 1.17 bits per heavy atom. The summed E-state index contributed by atoms with van der Waals surface area (Å²) < 4.78 is 5.89. The van der Waals surface area contributed by atoms with Crippen molar-refractivity contribution in [1.29, 1.82) is 0 Å². The van der Waals surface area contributed by atoms with E-state index in [1.165, 1.54) is 16.9 Å². The fourth-order valence-electron chi connectivity index (χ4n) is 2.58. The van der Waals surface area contributed by atoms with E-state index in [2.05, 4.69) is 19.2 Å². The van der Waals surface area contributed by atoms with Gasteiger partial charge in [-0.1, -0.05) is 36.3 Å². The average molecular weight is 411 g/mol. The maximum Gasteiger partial charge on any atom is 0.253 e. The van der Waals surface area contributed by atoms with Gasteiger partial charge in [0.1, 0.15) is 5.75 Å². The van der Waals surface area contributed by atoms with E-state index >= 15 is 0 Å². The van der Waals surface area contributed by atoms with E-state index in [0.717, 1.165) is 33.2 Å². The molecule has 4 nitrogen and oxygen atoms in total. The third-order valence-electron chi connectivity index (χ3n) is 4.64. The maximum atomic E-state index is 12.6. The second kappa shape index (κ2) is 10.7. The number of benzene rings is 1. The minimum atomic E-state index is -0.183. The highest BCUT2D eigenvalue weighted by Crippen LogP contribution is 2.29. The van der Waals surface area contributed by atoms with Gasteiger partial charge in [0.25, 0.3) is 5.91 Å². The molecule has 3 N–H and O–H groups in total. The highest BCUT2D eigenvalue weighted by Gasteiger charge is 2.10. The Bertz CT molecular complexity index is 947. The summed E-state index contributed by atoms with van der Waals surface area (Å²) in [5, 5.41) is 3.74. The van der Waals surface area contributed by atoms with Gasteiger partial charge in [0.15, 0.2) is 5.06 Å². The Morgan fingerprint density at radius 2 is 1.93 bits per heavy atom. The molecule has 1 amide bonds. The van der Waals surface area contributed by atoms with Gasteiger partial charge in [-0.25, -0.2) is 0 Å². The van der Waals surface area contributed by atoms with Crippen molar-refractivity contribution >= 4 is 17.2 Å². The zero-order valence-corrected chi connectivity index (χ0v) is 18.7. The molecule has 0 saturated carbocycles. The lowest BCUT2D eigenvalue weighted by Crippen LogP contribution is -2.25. The molecule has 0 aliphatic heterocycles. The minimum Gasteiger partial charge on any atom is -0.447 e. The molecular formula is C24H30N2O2S. The van der Waals surface area contributed by atoms with Crippen molar-refractivity contribution in [2.75, 3.05) is 0 Å². The zero-order valence-electron chi connectivity index (χ0n) is 17.8. The summed E-state index contributed by atoms with van der Waals surface area (Å²) in [5.74, 6) is 0.625. The molecule has 0 bridgehead atoms. The number of carbonyl (C=O) groups is 1. The van der Waals surface area contributed by atoms with Gasteiger partial charge in [-0.2, -0.15) is 0 Å². The molecule has 0 radical (unpaired) electrons. The standard InChI is InChI=1S/C24H30N2O2S/c1-6-17(3)18(4)10-12-22(19(5)25)24(27)26-15-21-11-13-23(29-21)28-20-9-7-8-16(2)14-20/h7-14H,6,15,25H2,1-5H3,(H,26,27)/b12-10-,18-17?,22-19-. The van der Waals surface area contributed by atoms with Crippen molar-refractivity contribution in [3.05, 3.63) is 81.4 Å². The van der Waals surface area contributed by atoms with E-state index in [4.69, 9.17) is 10.5 Å². The molecule has 1 heterocycles. The second-order valence-corrected chi connectivity index (χ2v) is 8.20. The number of hydrogen-bond donors (Lipinski definition) is 2. The summed E-state index contributed by atoms with van der Waals surface area (Å²) in [4.78, 5) is 13.6. The van der Waals surface area contributed by atoms with Crippen LogP contribution in [0.1, 0.15) is 44.6 Å². The van der Waals surface area contributed by atoms with Gasteiger partial charge in [0.05, 0.1) is 12.1 Å². The van der Waals surface area contributed by atoms with E-state index in [-0.39, 0.29) is 5.91 Å². The molecule has 0 aliphatic rings. The topological polar surface area (TPSA) is 64.3 Å². The zero-order chi connectivity index (χ0) is 21.4. The van der Waals surface area contributed by atoms with Crippen LogP contribution < -0.4 is 15.8 Å². The van der Waals surface area contributed by atoms with Crippen molar-refractivity contribution in [3.63, 3.8) is 0 Å². The van der Waals surface area contributed by atoms with Crippen LogP contribution in [0.2, 0.25) is 0 Å². The first-order valence-electron chi connectivity index (χ1n) is 9.72. The van der Waals surface area contributed by atoms with Gasteiger partial charge >= 0.3 is 0 Å². The molecule has 0 saturated heterocycles. The minimum absolute atomic E-state index is 0.183. The lowest BCUT2D eigenvalue weighted by Gasteiger charge is -2.07. The lowest BCUT2D eigenvalue weighted by atomic mass is 10.1. The summed E-state index contributed by atoms with van der Waals surface area (Å²) in [6.07, 6.45) is 4.72. The molecule has 0 atom stereocenters. The van der Waals surface area contributed by atoms with E-state index in [1.807, 2.05) is 56.3 Å². The van der Waals surface area contributed by atoms with Crippen LogP contribution in [0.4, 0.5) is 0 Å². The van der Waals surface area contributed by atoms with Crippen LogP contribution in [0, 0.1) is 6.92 Å². The molecule has 1 aromatic heterocycles. The Labute approximate surface area is 177 Å². The summed E-state index contributed by atoms with van der Waals surface area (Å²) >= 11 is 1.51. The van der Waals surface area contributed by atoms with Crippen molar-refractivity contribution in [1.82, 2.24) is 5.32 Å². The predicted molar refractivity (Wildman–Crippen MR) is 122 cm³/mol. The number of amides is 1. The molecule has 0 fully saturated rings. The second-order valence-electron chi connectivity index (χ2n) is 7.07. The third kappa shape index (κ3) is 6.95. The van der Waals surface area contributed by atoms with Crippen molar-refractivity contribution in [2.24, 2.45) is 5.73 Å². The number of hydrogen-bond acceptors (Lipinski definition) is 4. The molecule has 29 heavy (non-hydrogen) atoms. The first kappa shape index (κ1) is 22.5. The van der Waals surface area contributed by atoms with Crippen molar-refractivity contribution < 1.29 is 9.53 Å². The number of thiophene rings is 1. The fraction of sp³-hybridized carbons (Fsp3) is 0.292. The van der Waals surface area contributed by atoms with Gasteiger partial charge in [-0.15, -0.1) is 11.3 Å². The first-order chi connectivity index (χ1) is 13.8. The van der Waals surface area contributed by atoms with Crippen LogP contribution >= 0.6 is 11.3 Å². The normalized spacial score (nSPS) is 13.1. The van der Waals surface area contributed by atoms with Crippen LogP contribution in [0.15, 0.2) is 71.0 Å². The van der Waals surface area contributed by atoms with Crippen LogP contribution in [-0.4, -0.2) is 5.91 Å². The van der Waals surface area contributed by atoms with Gasteiger partial charge in [0, 0.05) is 10.6 Å². The summed E-state index contributed by atoms with van der Waals surface area (Å²) in [6.45, 7) is 10.4. The lowest BCUT2D eigenvalue weighted by molar-refractivity contribution is -0.117. The number of carbonyl (C=O) groups excluding carboxylic acids is 1. The first-order valence-corrected chi connectivity index (χ1v) is 10.5. The smallest absolute Gasteiger partial charge is 0.253 e. The SMILES string of the molecule is CCC(C)=C(C)/C=C\C(C(=O)NCc1ccc(Oc2cccc(C)c2)s1)=C(/C)N. The maximum absolute atomic E-state index is 12.6. The summed E-state index contributed by atoms with van der Waals surface area (Å²) in [7, 11) is 0. The molecule has 0 spiro atoms. The quantitative estimate of drug-likeness (QED) is 0.414. The summed E-state index contributed by atoms with van der Waals surface area (Å²) in [6, 6.07) is 11.8. The Balaban J connectivity index is 1.99. The number of rotatable bonds is 8. The monoisotopic (exact) mass is 410 g/mol. The van der Waals surface area contributed by atoms with Crippen LogP contribution in [0.5, 0.6) is 10.8 Å². The molecule has 154 valence electrons. The number of nitrogens with two attached hydrogens (primary N) is 1. The van der Waals surface area contributed by atoms with Gasteiger partial charge in [-0.05, 0) is 70.0 Å². The number of allylic oxidation sites excluding steroid dienone is 4. The van der Waals surface area contributed by atoms with E-state index < -0.39 is 0 Å². The average Bonchev–Trinajstić information content (AvgIpc) is 3.12. The van der Waals surface area contributed by atoms with Crippen molar-refractivity contribution in [2.45, 2.75) is 47.6 Å². The number of nitrogens with one attached hydrogen (secondary N) is 1. The number of aryl methyl sites for hydroxylation is 1. The molecule has 5 heteroatoms. The Hall–Kier alpha value is -2.79. The Morgan fingerprint density at radius 3 is 2.59 bits per heavy atom. The van der Waals surface area contributed by atoms with E-state index in [1.54, 1.807) is 13.0 Å². The van der Waals surface area contributed by atoms with Gasteiger partial charge in [0.2, 0.25) is 0 Å². The van der Waals surface area contributed by atoms with Gasteiger partial charge < -0.3 is 15.8 Å². The van der Waals surface area contributed by atoms with E-state index in [9.17, 15) is 4.79 Å². The largest absolute Gasteiger partial charge is 0.447 e. The highest BCUT2D eigenvalue weighted by molar-refractivity contribution is 7.13. The summed E-state index contributed by atoms with van der Waals surface area (Å²) in [5.41, 5.74) is 10.5. The van der Waals surface area contributed by atoms with Gasteiger partial charge in [-0.3, -0.25) is 4.79 Å². The van der Waals surface area contributed by atoms with Crippen molar-refractivity contribution in [3.8, 4) is 10.8 Å². The third-order valence-corrected chi connectivity index (χ3v) is 5.60. The predicted octanol–water partition coefficient (Wildman–Crippen LogP) is 6.00.